The van der Waals surface area contributed by atoms with E-state index in [9.17, 15) is 0 Å². The van der Waals surface area contributed by atoms with Crippen LogP contribution < -0.4 is 5.73 Å². The molecule has 2 N–H and O–H groups in total. The summed E-state index contributed by atoms with van der Waals surface area (Å²) in [5.74, 6) is 0. The summed E-state index contributed by atoms with van der Waals surface area (Å²) in [6, 6.07) is 26.0. The fourth-order valence-electron chi connectivity index (χ4n) is 3.42. The first-order valence-corrected chi connectivity index (χ1v) is 9.62. The van der Waals surface area contributed by atoms with Gasteiger partial charge in [0.05, 0.1) is 0 Å². The van der Waals surface area contributed by atoms with E-state index in [4.69, 9.17) is 10.5 Å². The van der Waals surface area contributed by atoms with Gasteiger partial charge in [-0.3, -0.25) is 0 Å². The Morgan fingerprint density at radius 3 is 1.26 bits per heavy atom. The lowest BCUT2D eigenvalue weighted by Gasteiger charge is -2.36. The molecule has 0 aliphatic carbocycles. The Labute approximate surface area is 163 Å². The van der Waals surface area contributed by atoms with Crippen molar-refractivity contribution in [2.24, 2.45) is 5.73 Å². The minimum Gasteiger partial charge on any atom is -0.361 e. The van der Waals surface area contributed by atoms with Crippen LogP contribution in [0.2, 0.25) is 0 Å². The second kappa shape index (κ2) is 8.51. The van der Waals surface area contributed by atoms with Crippen LogP contribution in [0.5, 0.6) is 0 Å². The van der Waals surface area contributed by atoms with Gasteiger partial charge in [0.1, 0.15) is 5.60 Å². The lowest BCUT2D eigenvalue weighted by molar-refractivity contribution is 0.0124. The molecule has 0 bridgehead atoms. The Kier molecular flexibility index (Phi) is 6.10. The highest BCUT2D eigenvalue weighted by molar-refractivity contribution is 5.49. The molecule has 3 rings (SSSR count). The van der Waals surface area contributed by atoms with Gasteiger partial charge in [0, 0.05) is 6.61 Å². The van der Waals surface area contributed by atoms with Crippen LogP contribution in [0.15, 0.2) is 72.8 Å². The molecule has 0 saturated heterocycles. The first kappa shape index (κ1) is 19.3. The molecule has 3 aromatic rings. The van der Waals surface area contributed by atoms with E-state index in [0.29, 0.717) is 13.2 Å². The van der Waals surface area contributed by atoms with E-state index in [-0.39, 0.29) is 0 Å². The van der Waals surface area contributed by atoms with Crippen molar-refractivity contribution in [3.05, 3.63) is 106 Å². The summed E-state index contributed by atoms with van der Waals surface area (Å²) < 4.78 is 6.67. The van der Waals surface area contributed by atoms with E-state index in [1.54, 1.807) is 0 Å². The van der Waals surface area contributed by atoms with E-state index in [1.165, 1.54) is 16.7 Å². The number of ether oxygens (including phenoxy) is 1. The Balaban J connectivity index is 2.23. The van der Waals surface area contributed by atoms with Crippen LogP contribution >= 0.6 is 0 Å². The lowest BCUT2D eigenvalue weighted by Crippen LogP contribution is -2.33. The minimum atomic E-state index is -0.649. The summed E-state index contributed by atoms with van der Waals surface area (Å²) in [7, 11) is 0. The molecule has 2 nitrogen and oxygen atoms in total. The third-order valence-corrected chi connectivity index (χ3v) is 5.04. The summed E-state index contributed by atoms with van der Waals surface area (Å²) in [4.78, 5) is 0. The van der Waals surface area contributed by atoms with Crippen molar-refractivity contribution in [3.63, 3.8) is 0 Å². The average Bonchev–Trinajstić information content (AvgIpc) is 2.68. The van der Waals surface area contributed by atoms with Gasteiger partial charge >= 0.3 is 0 Å². The summed E-state index contributed by atoms with van der Waals surface area (Å²) in [5.41, 5.74) is 12.2. The summed E-state index contributed by atoms with van der Waals surface area (Å²) in [6.45, 7) is 7.55. The summed E-state index contributed by atoms with van der Waals surface area (Å²) in [6.07, 6.45) is 0.825. The predicted molar refractivity (Wildman–Crippen MR) is 113 cm³/mol. The van der Waals surface area contributed by atoms with Gasteiger partial charge in [-0.2, -0.15) is 0 Å². The van der Waals surface area contributed by atoms with Gasteiger partial charge in [0.2, 0.25) is 0 Å². The van der Waals surface area contributed by atoms with Gasteiger partial charge in [-0.05, 0) is 50.4 Å². The molecule has 0 amide bonds. The van der Waals surface area contributed by atoms with Crippen molar-refractivity contribution in [3.8, 4) is 0 Å². The van der Waals surface area contributed by atoms with Gasteiger partial charge in [0.15, 0.2) is 0 Å². The standard InChI is InChI=1S/C25H29NO/c1-19-5-11-22(12-6-19)25(27-18-4-17-26,23-13-7-20(2)8-14-23)24-15-9-21(3)10-16-24/h5-16H,4,17-18,26H2,1-3H3. The van der Waals surface area contributed by atoms with Crippen LogP contribution in [0.1, 0.15) is 39.8 Å². The molecule has 0 atom stereocenters. The molecular weight excluding hydrogens is 330 g/mol. The number of aryl methyl sites for hydroxylation is 3. The summed E-state index contributed by atoms with van der Waals surface area (Å²) >= 11 is 0. The minimum absolute atomic E-state index is 0.603. The van der Waals surface area contributed by atoms with Gasteiger partial charge in [-0.1, -0.05) is 89.5 Å². The topological polar surface area (TPSA) is 35.2 Å². The van der Waals surface area contributed by atoms with Crippen molar-refractivity contribution in [1.29, 1.82) is 0 Å². The maximum absolute atomic E-state index is 6.67. The maximum Gasteiger partial charge on any atom is 0.143 e. The fraction of sp³-hybridized carbons (Fsp3) is 0.280. The molecular formula is C25H29NO. The molecule has 3 aromatic carbocycles. The number of rotatable bonds is 7. The van der Waals surface area contributed by atoms with Crippen molar-refractivity contribution >= 4 is 0 Å². The molecule has 0 aromatic heterocycles. The zero-order chi connectivity index (χ0) is 19.3. The largest absolute Gasteiger partial charge is 0.361 e. The Morgan fingerprint density at radius 1 is 0.630 bits per heavy atom. The van der Waals surface area contributed by atoms with Crippen LogP contribution in [0, 0.1) is 20.8 Å². The van der Waals surface area contributed by atoms with Crippen molar-refractivity contribution in [2.75, 3.05) is 13.2 Å². The molecule has 0 aliphatic heterocycles. The monoisotopic (exact) mass is 359 g/mol. The van der Waals surface area contributed by atoms with E-state index in [1.807, 2.05) is 0 Å². The van der Waals surface area contributed by atoms with E-state index >= 15 is 0 Å². The number of benzene rings is 3. The molecule has 0 unspecified atom stereocenters. The molecule has 140 valence electrons. The van der Waals surface area contributed by atoms with Crippen molar-refractivity contribution in [1.82, 2.24) is 0 Å². The van der Waals surface area contributed by atoms with Crippen LogP contribution in [0.3, 0.4) is 0 Å². The molecule has 0 spiro atoms. The number of hydrogen-bond acceptors (Lipinski definition) is 2. The molecule has 0 saturated carbocycles. The molecule has 2 heteroatoms. The fourth-order valence-corrected chi connectivity index (χ4v) is 3.42. The first-order chi connectivity index (χ1) is 13.1. The Hall–Kier alpha value is -2.42. The first-order valence-electron chi connectivity index (χ1n) is 9.62. The second-order valence-electron chi connectivity index (χ2n) is 7.27. The second-order valence-corrected chi connectivity index (χ2v) is 7.27. The molecule has 0 heterocycles. The third-order valence-electron chi connectivity index (χ3n) is 5.04. The highest BCUT2D eigenvalue weighted by atomic mass is 16.5. The number of hydrogen-bond donors (Lipinski definition) is 1. The maximum atomic E-state index is 6.67. The van der Waals surface area contributed by atoms with E-state index < -0.39 is 5.60 Å². The van der Waals surface area contributed by atoms with E-state index in [0.717, 1.165) is 23.1 Å². The predicted octanol–water partition coefficient (Wildman–Crippen LogP) is 5.27. The van der Waals surface area contributed by atoms with Crippen molar-refractivity contribution < 1.29 is 4.74 Å². The molecule has 0 aliphatic rings. The summed E-state index contributed by atoms with van der Waals surface area (Å²) in [5, 5.41) is 0. The average molecular weight is 360 g/mol. The molecule has 0 radical (unpaired) electrons. The van der Waals surface area contributed by atoms with Crippen LogP contribution in [-0.2, 0) is 10.3 Å². The van der Waals surface area contributed by atoms with Gasteiger partial charge in [0.25, 0.3) is 0 Å². The zero-order valence-corrected chi connectivity index (χ0v) is 16.5. The van der Waals surface area contributed by atoms with E-state index in [2.05, 4.69) is 93.6 Å². The van der Waals surface area contributed by atoms with Crippen LogP contribution in [-0.4, -0.2) is 13.2 Å². The van der Waals surface area contributed by atoms with Gasteiger partial charge in [-0.25, -0.2) is 0 Å². The quantitative estimate of drug-likeness (QED) is 0.461. The van der Waals surface area contributed by atoms with Crippen LogP contribution in [0.4, 0.5) is 0 Å². The van der Waals surface area contributed by atoms with Crippen LogP contribution in [0.25, 0.3) is 0 Å². The van der Waals surface area contributed by atoms with Gasteiger partial charge in [-0.15, -0.1) is 0 Å². The lowest BCUT2D eigenvalue weighted by atomic mass is 9.79. The zero-order valence-electron chi connectivity index (χ0n) is 16.5. The Morgan fingerprint density at radius 2 is 0.963 bits per heavy atom. The highest BCUT2D eigenvalue weighted by Gasteiger charge is 2.37. The smallest absolute Gasteiger partial charge is 0.143 e. The molecule has 0 fully saturated rings. The van der Waals surface area contributed by atoms with Crippen molar-refractivity contribution in [2.45, 2.75) is 32.8 Å². The third kappa shape index (κ3) is 4.13. The number of nitrogens with two attached hydrogens (primary N) is 1. The normalized spacial score (nSPS) is 11.6. The SMILES string of the molecule is Cc1ccc(C(OCCCN)(c2ccc(C)cc2)c2ccc(C)cc2)cc1. The van der Waals surface area contributed by atoms with Gasteiger partial charge < -0.3 is 10.5 Å². The molecule has 27 heavy (non-hydrogen) atoms. The highest BCUT2D eigenvalue weighted by Crippen LogP contribution is 2.41. The Bertz CT molecular complexity index is 737.